The molecule has 1 N–H and O–H groups in total. The lowest BCUT2D eigenvalue weighted by Gasteiger charge is -2.08. The first-order chi connectivity index (χ1) is 8.63. The second-order valence-corrected chi connectivity index (χ2v) is 4.31. The maximum atomic E-state index is 12.3. The fourth-order valence-corrected chi connectivity index (χ4v) is 1.93. The Labute approximate surface area is 106 Å². The highest BCUT2D eigenvalue weighted by Gasteiger charge is 2.08. The highest BCUT2D eigenvalue weighted by Crippen LogP contribution is 2.15. The van der Waals surface area contributed by atoms with Crippen LogP contribution >= 0.6 is 0 Å². The fraction of sp³-hybridized carbons (Fsp3) is 0.500. The summed E-state index contributed by atoms with van der Waals surface area (Å²) in [6, 6.07) is 0. The van der Waals surface area contributed by atoms with Crippen LogP contribution in [0, 0.1) is 13.8 Å². The SMILES string of the molecule is Cc1cnn(C)c1CNc1cnn(CCF)c1C. The minimum absolute atomic E-state index is 0.304. The summed E-state index contributed by atoms with van der Waals surface area (Å²) < 4.78 is 15.8. The van der Waals surface area contributed by atoms with Crippen LogP contribution < -0.4 is 5.32 Å². The number of alkyl halides is 1. The smallest absolute Gasteiger partial charge is 0.109 e. The van der Waals surface area contributed by atoms with Gasteiger partial charge in [-0.2, -0.15) is 10.2 Å². The van der Waals surface area contributed by atoms with Crippen molar-refractivity contribution in [2.45, 2.75) is 26.9 Å². The summed E-state index contributed by atoms with van der Waals surface area (Å²) in [7, 11) is 1.92. The van der Waals surface area contributed by atoms with E-state index in [-0.39, 0.29) is 0 Å². The van der Waals surface area contributed by atoms with Crippen molar-refractivity contribution < 1.29 is 4.39 Å². The molecule has 98 valence electrons. The molecule has 2 aromatic rings. The predicted molar refractivity (Wildman–Crippen MR) is 68.2 cm³/mol. The molecule has 0 aliphatic heterocycles. The number of aromatic nitrogens is 4. The first kappa shape index (κ1) is 12.6. The zero-order valence-electron chi connectivity index (χ0n) is 10.9. The minimum atomic E-state index is -0.400. The average Bonchev–Trinajstić information content (AvgIpc) is 2.84. The van der Waals surface area contributed by atoms with Crippen molar-refractivity contribution in [1.29, 1.82) is 0 Å². The Bertz CT molecular complexity index is 509. The standard InChI is InChI=1S/C12H18FN5/c1-9-6-15-17(3)12(9)8-14-11-7-16-18(5-4-13)10(11)2/h6-7,14H,4-5,8H2,1-3H3. The summed E-state index contributed by atoms with van der Waals surface area (Å²) in [4.78, 5) is 0. The van der Waals surface area contributed by atoms with Gasteiger partial charge in [0.2, 0.25) is 0 Å². The van der Waals surface area contributed by atoms with Gasteiger partial charge in [-0.3, -0.25) is 9.36 Å². The van der Waals surface area contributed by atoms with E-state index in [1.165, 1.54) is 0 Å². The van der Waals surface area contributed by atoms with Gasteiger partial charge in [0, 0.05) is 7.05 Å². The van der Waals surface area contributed by atoms with Crippen LogP contribution in [0.3, 0.4) is 0 Å². The molecule has 5 nitrogen and oxygen atoms in total. The summed E-state index contributed by atoms with van der Waals surface area (Å²) in [5.74, 6) is 0. The minimum Gasteiger partial charge on any atom is -0.377 e. The lowest BCUT2D eigenvalue weighted by atomic mass is 10.2. The third-order valence-corrected chi connectivity index (χ3v) is 3.12. The van der Waals surface area contributed by atoms with Crippen molar-refractivity contribution in [3.05, 3.63) is 29.3 Å². The summed E-state index contributed by atoms with van der Waals surface area (Å²) in [5, 5.41) is 11.6. The van der Waals surface area contributed by atoms with E-state index >= 15 is 0 Å². The van der Waals surface area contributed by atoms with Gasteiger partial charge in [-0.15, -0.1) is 0 Å². The highest BCUT2D eigenvalue weighted by molar-refractivity contribution is 5.46. The number of hydrogen-bond donors (Lipinski definition) is 1. The molecule has 0 unspecified atom stereocenters. The summed E-state index contributed by atoms with van der Waals surface area (Å²) in [6.07, 6.45) is 3.58. The quantitative estimate of drug-likeness (QED) is 0.881. The molecule has 0 aromatic carbocycles. The van der Waals surface area contributed by atoms with Crippen LogP contribution in [-0.4, -0.2) is 26.2 Å². The Kier molecular flexibility index (Phi) is 3.64. The molecule has 0 atom stereocenters. The molecule has 0 saturated carbocycles. The van der Waals surface area contributed by atoms with Crippen molar-refractivity contribution in [2.75, 3.05) is 12.0 Å². The fourth-order valence-electron chi connectivity index (χ4n) is 1.93. The van der Waals surface area contributed by atoms with E-state index in [1.807, 2.05) is 31.8 Å². The Hall–Kier alpha value is -1.85. The van der Waals surface area contributed by atoms with Crippen LogP contribution in [0.2, 0.25) is 0 Å². The number of aryl methyl sites for hydroxylation is 3. The lowest BCUT2D eigenvalue weighted by molar-refractivity contribution is 0.423. The Morgan fingerprint density at radius 2 is 2.06 bits per heavy atom. The van der Waals surface area contributed by atoms with Crippen molar-refractivity contribution >= 4 is 5.69 Å². The highest BCUT2D eigenvalue weighted by atomic mass is 19.1. The molecule has 0 fully saturated rings. The summed E-state index contributed by atoms with van der Waals surface area (Å²) in [6.45, 7) is 4.55. The number of nitrogens with one attached hydrogen (secondary N) is 1. The Morgan fingerprint density at radius 3 is 2.67 bits per heavy atom. The molecule has 0 radical (unpaired) electrons. The lowest BCUT2D eigenvalue weighted by Crippen LogP contribution is -2.08. The van der Waals surface area contributed by atoms with Crippen LogP contribution in [0.15, 0.2) is 12.4 Å². The topological polar surface area (TPSA) is 47.7 Å². The van der Waals surface area contributed by atoms with Gasteiger partial charge in [0.05, 0.1) is 42.6 Å². The van der Waals surface area contributed by atoms with E-state index in [0.717, 1.165) is 22.6 Å². The molecule has 18 heavy (non-hydrogen) atoms. The van der Waals surface area contributed by atoms with Gasteiger partial charge in [0.15, 0.2) is 0 Å². The predicted octanol–water partition coefficient (Wildman–Crippen LogP) is 1.82. The van der Waals surface area contributed by atoms with Crippen molar-refractivity contribution in [3.63, 3.8) is 0 Å². The van der Waals surface area contributed by atoms with Gasteiger partial charge in [0.25, 0.3) is 0 Å². The van der Waals surface area contributed by atoms with Gasteiger partial charge in [0.1, 0.15) is 6.67 Å². The van der Waals surface area contributed by atoms with Gasteiger partial charge < -0.3 is 5.32 Å². The normalized spacial score (nSPS) is 10.9. The van der Waals surface area contributed by atoms with E-state index < -0.39 is 6.67 Å². The third-order valence-electron chi connectivity index (χ3n) is 3.12. The van der Waals surface area contributed by atoms with E-state index in [0.29, 0.717) is 13.1 Å². The zero-order valence-corrected chi connectivity index (χ0v) is 10.9. The number of hydrogen-bond acceptors (Lipinski definition) is 3. The molecule has 0 amide bonds. The van der Waals surface area contributed by atoms with Crippen molar-refractivity contribution in [2.24, 2.45) is 7.05 Å². The molecule has 2 heterocycles. The largest absolute Gasteiger partial charge is 0.377 e. The molecule has 6 heteroatoms. The Morgan fingerprint density at radius 1 is 1.28 bits per heavy atom. The van der Waals surface area contributed by atoms with Crippen LogP contribution in [0.5, 0.6) is 0 Å². The molecule has 0 spiro atoms. The maximum absolute atomic E-state index is 12.3. The first-order valence-electron chi connectivity index (χ1n) is 5.93. The zero-order chi connectivity index (χ0) is 13.1. The molecule has 0 saturated heterocycles. The van der Waals surface area contributed by atoms with Gasteiger partial charge in [-0.05, 0) is 19.4 Å². The maximum Gasteiger partial charge on any atom is 0.109 e. The third kappa shape index (κ3) is 2.37. The number of rotatable bonds is 5. The monoisotopic (exact) mass is 251 g/mol. The van der Waals surface area contributed by atoms with Gasteiger partial charge >= 0.3 is 0 Å². The van der Waals surface area contributed by atoms with E-state index in [1.54, 1.807) is 10.9 Å². The Balaban J connectivity index is 2.07. The molecule has 0 aliphatic rings. The van der Waals surface area contributed by atoms with Gasteiger partial charge in [-0.25, -0.2) is 4.39 Å². The van der Waals surface area contributed by atoms with Crippen molar-refractivity contribution in [1.82, 2.24) is 19.6 Å². The molecule has 2 aromatic heterocycles. The summed E-state index contributed by atoms with van der Waals surface area (Å²) >= 11 is 0. The summed E-state index contributed by atoms with van der Waals surface area (Å²) in [5.41, 5.74) is 4.17. The molecule has 2 rings (SSSR count). The van der Waals surface area contributed by atoms with Crippen LogP contribution in [0.4, 0.5) is 10.1 Å². The molecular formula is C12H18FN5. The second-order valence-electron chi connectivity index (χ2n) is 4.31. The number of halogens is 1. The van der Waals surface area contributed by atoms with Crippen LogP contribution in [0.1, 0.15) is 17.0 Å². The number of nitrogens with zero attached hydrogens (tertiary/aromatic N) is 4. The van der Waals surface area contributed by atoms with Crippen LogP contribution in [-0.2, 0) is 20.1 Å². The molecule has 0 bridgehead atoms. The first-order valence-corrected chi connectivity index (χ1v) is 5.93. The van der Waals surface area contributed by atoms with Crippen molar-refractivity contribution in [3.8, 4) is 0 Å². The van der Waals surface area contributed by atoms with E-state index in [2.05, 4.69) is 15.5 Å². The average molecular weight is 251 g/mol. The molecular weight excluding hydrogens is 233 g/mol. The number of anilines is 1. The second kappa shape index (κ2) is 5.20. The van der Waals surface area contributed by atoms with E-state index in [4.69, 9.17) is 0 Å². The van der Waals surface area contributed by atoms with Gasteiger partial charge in [-0.1, -0.05) is 0 Å². The van der Waals surface area contributed by atoms with Crippen LogP contribution in [0.25, 0.3) is 0 Å². The van der Waals surface area contributed by atoms with E-state index in [9.17, 15) is 4.39 Å². The molecule has 0 aliphatic carbocycles.